The van der Waals surface area contributed by atoms with E-state index in [1.165, 1.54) is 28.3 Å². The van der Waals surface area contributed by atoms with Crippen LogP contribution in [0.1, 0.15) is 6.92 Å². The molecule has 112 valence electrons. The van der Waals surface area contributed by atoms with Crippen molar-refractivity contribution in [2.45, 2.75) is 37.6 Å². The summed E-state index contributed by atoms with van der Waals surface area (Å²) in [5, 5.41) is 0. The summed E-state index contributed by atoms with van der Waals surface area (Å²) >= 11 is 0. The van der Waals surface area contributed by atoms with Crippen LogP contribution < -0.4 is 0 Å². The standard InChI is InChI=1S/C12H22O7/c1-7(13)18-10-9(15-3)8(6-14-2)19-12(17-5)11(10)16-4/h8-12H,6H2,1-5H3. The van der Waals surface area contributed by atoms with Crippen molar-refractivity contribution in [3.8, 4) is 0 Å². The van der Waals surface area contributed by atoms with E-state index in [0.29, 0.717) is 6.61 Å². The van der Waals surface area contributed by atoms with Crippen molar-refractivity contribution >= 4 is 5.97 Å². The first-order chi connectivity index (χ1) is 9.08. The Morgan fingerprint density at radius 1 is 1.00 bits per heavy atom. The van der Waals surface area contributed by atoms with Crippen molar-refractivity contribution in [3.63, 3.8) is 0 Å². The van der Waals surface area contributed by atoms with E-state index >= 15 is 0 Å². The summed E-state index contributed by atoms with van der Waals surface area (Å²) in [5.74, 6) is -0.415. The summed E-state index contributed by atoms with van der Waals surface area (Å²) in [4.78, 5) is 11.2. The zero-order valence-corrected chi connectivity index (χ0v) is 12.0. The number of hydrogen-bond acceptors (Lipinski definition) is 7. The Morgan fingerprint density at radius 3 is 2.05 bits per heavy atom. The lowest BCUT2D eigenvalue weighted by Crippen LogP contribution is -2.61. The molecule has 0 aromatic rings. The van der Waals surface area contributed by atoms with E-state index in [-0.39, 0.29) is 0 Å². The van der Waals surface area contributed by atoms with Gasteiger partial charge in [0.1, 0.15) is 18.3 Å². The van der Waals surface area contributed by atoms with Gasteiger partial charge >= 0.3 is 5.97 Å². The molecular weight excluding hydrogens is 256 g/mol. The maximum absolute atomic E-state index is 11.2. The molecule has 5 atom stereocenters. The molecule has 0 N–H and O–H groups in total. The van der Waals surface area contributed by atoms with Crippen LogP contribution in [0.2, 0.25) is 0 Å². The van der Waals surface area contributed by atoms with E-state index in [1.807, 2.05) is 0 Å². The van der Waals surface area contributed by atoms with Gasteiger partial charge in [-0.15, -0.1) is 0 Å². The minimum Gasteiger partial charge on any atom is -0.457 e. The number of carbonyl (C=O) groups excluding carboxylic acids is 1. The van der Waals surface area contributed by atoms with E-state index in [1.54, 1.807) is 7.11 Å². The molecule has 0 amide bonds. The van der Waals surface area contributed by atoms with Gasteiger partial charge in [-0.1, -0.05) is 0 Å². The predicted molar refractivity (Wildman–Crippen MR) is 64.7 cm³/mol. The fourth-order valence-corrected chi connectivity index (χ4v) is 2.23. The second-order valence-corrected chi connectivity index (χ2v) is 4.21. The van der Waals surface area contributed by atoms with Crippen LogP contribution in [-0.2, 0) is 33.2 Å². The number of hydrogen-bond donors (Lipinski definition) is 0. The molecule has 19 heavy (non-hydrogen) atoms. The Kier molecular flexibility index (Phi) is 6.67. The van der Waals surface area contributed by atoms with Crippen molar-refractivity contribution in [1.29, 1.82) is 0 Å². The lowest BCUT2D eigenvalue weighted by molar-refractivity contribution is -0.305. The van der Waals surface area contributed by atoms with Crippen molar-refractivity contribution in [2.24, 2.45) is 0 Å². The molecule has 7 nitrogen and oxygen atoms in total. The molecule has 0 radical (unpaired) electrons. The highest BCUT2D eigenvalue weighted by atomic mass is 16.7. The van der Waals surface area contributed by atoms with Crippen LogP contribution >= 0.6 is 0 Å². The Morgan fingerprint density at radius 2 is 1.63 bits per heavy atom. The molecule has 1 fully saturated rings. The van der Waals surface area contributed by atoms with Crippen LogP contribution in [0.3, 0.4) is 0 Å². The molecule has 0 spiro atoms. The van der Waals surface area contributed by atoms with Crippen LogP contribution in [0.25, 0.3) is 0 Å². The first-order valence-corrected chi connectivity index (χ1v) is 5.99. The minimum atomic E-state index is -0.652. The van der Waals surface area contributed by atoms with Gasteiger partial charge in [0.05, 0.1) is 6.61 Å². The average molecular weight is 278 g/mol. The molecule has 1 aliphatic heterocycles. The third kappa shape index (κ3) is 3.87. The first-order valence-electron chi connectivity index (χ1n) is 5.99. The highest BCUT2D eigenvalue weighted by Crippen LogP contribution is 2.28. The maximum atomic E-state index is 11.2. The number of esters is 1. The number of carbonyl (C=O) groups is 1. The van der Waals surface area contributed by atoms with Crippen LogP contribution in [0.15, 0.2) is 0 Å². The summed E-state index contributed by atoms with van der Waals surface area (Å²) < 4.78 is 32.0. The second-order valence-electron chi connectivity index (χ2n) is 4.21. The van der Waals surface area contributed by atoms with Crippen molar-refractivity contribution in [1.82, 2.24) is 0 Å². The van der Waals surface area contributed by atoms with Crippen LogP contribution in [0.4, 0.5) is 0 Å². The van der Waals surface area contributed by atoms with Crippen molar-refractivity contribution < 1.29 is 33.2 Å². The smallest absolute Gasteiger partial charge is 0.303 e. The molecule has 0 bridgehead atoms. The SMILES string of the molecule is COCC1OC(OC)C(OC)C(OC(C)=O)C1OC. The molecule has 0 aromatic carbocycles. The largest absolute Gasteiger partial charge is 0.457 e. The van der Waals surface area contributed by atoms with Crippen molar-refractivity contribution in [3.05, 3.63) is 0 Å². The monoisotopic (exact) mass is 278 g/mol. The second kappa shape index (κ2) is 7.76. The van der Waals surface area contributed by atoms with E-state index in [0.717, 1.165) is 0 Å². The lowest BCUT2D eigenvalue weighted by atomic mass is 9.98. The van der Waals surface area contributed by atoms with Gasteiger partial charge in [-0.05, 0) is 0 Å². The molecule has 0 aliphatic carbocycles. The minimum absolute atomic E-state index is 0.298. The summed E-state index contributed by atoms with van der Waals surface area (Å²) in [6, 6.07) is 0. The van der Waals surface area contributed by atoms with Crippen molar-refractivity contribution in [2.75, 3.05) is 35.0 Å². The molecule has 0 saturated carbocycles. The number of rotatable bonds is 6. The van der Waals surface area contributed by atoms with Gasteiger partial charge in [0.2, 0.25) is 0 Å². The predicted octanol–water partition coefficient (Wildman–Crippen LogP) is -0.0342. The highest BCUT2D eigenvalue weighted by Gasteiger charge is 2.48. The van der Waals surface area contributed by atoms with Gasteiger partial charge in [0.25, 0.3) is 0 Å². The maximum Gasteiger partial charge on any atom is 0.303 e. The average Bonchev–Trinajstić information content (AvgIpc) is 2.38. The van der Waals surface area contributed by atoms with Gasteiger partial charge in [-0.25, -0.2) is 0 Å². The normalized spacial score (nSPS) is 35.1. The van der Waals surface area contributed by atoms with E-state index in [2.05, 4.69) is 0 Å². The molecular formula is C12H22O7. The van der Waals surface area contributed by atoms with Crippen LogP contribution in [0.5, 0.6) is 0 Å². The summed E-state index contributed by atoms with van der Waals surface area (Å²) in [6.07, 6.45) is -2.73. The lowest BCUT2D eigenvalue weighted by Gasteiger charge is -2.43. The summed E-state index contributed by atoms with van der Waals surface area (Å²) in [5.41, 5.74) is 0. The van der Waals surface area contributed by atoms with E-state index < -0.39 is 36.7 Å². The molecule has 7 heteroatoms. The van der Waals surface area contributed by atoms with Gasteiger partial charge in [-0.2, -0.15) is 0 Å². The third-order valence-corrected chi connectivity index (χ3v) is 3.00. The fraction of sp³-hybridized carbons (Fsp3) is 0.917. The Bertz CT molecular complexity index is 283. The highest BCUT2D eigenvalue weighted by molar-refractivity contribution is 5.66. The van der Waals surface area contributed by atoms with E-state index in [9.17, 15) is 4.79 Å². The Balaban J connectivity index is 2.95. The van der Waals surface area contributed by atoms with Crippen LogP contribution in [0, 0.1) is 0 Å². The molecule has 5 unspecified atom stereocenters. The van der Waals surface area contributed by atoms with Crippen LogP contribution in [-0.4, -0.2) is 71.7 Å². The summed E-state index contributed by atoms with van der Waals surface area (Å²) in [6.45, 7) is 1.63. The van der Waals surface area contributed by atoms with Gasteiger partial charge in [0, 0.05) is 35.4 Å². The first kappa shape index (κ1) is 16.3. The van der Waals surface area contributed by atoms with Gasteiger partial charge in [-0.3, -0.25) is 4.79 Å². The number of methoxy groups -OCH3 is 4. The van der Waals surface area contributed by atoms with Gasteiger partial charge in [0.15, 0.2) is 12.4 Å². The zero-order valence-electron chi connectivity index (χ0n) is 12.0. The molecule has 1 heterocycles. The molecule has 0 aromatic heterocycles. The zero-order chi connectivity index (χ0) is 14.4. The third-order valence-electron chi connectivity index (χ3n) is 3.00. The van der Waals surface area contributed by atoms with Gasteiger partial charge < -0.3 is 28.4 Å². The molecule has 1 rings (SSSR count). The molecule has 1 aliphatic rings. The molecule has 1 saturated heterocycles. The quantitative estimate of drug-likeness (QED) is 0.631. The van der Waals surface area contributed by atoms with E-state index in [4.69, 9.17) is 28.4 Å². The Hall–Kier alpha value is -0.730. The topological polar surface area (TPSA) is 72.5 Å². The number of ether oxygens (including phenoxy) is 6. The Labute approximate surface area is 113 Å². The fourth-order valence-electron chi connectivity index (χ4n) is 2.23. The summed E-state index contributed by atoms with van der Waals surface area (Å²) in [7, 11) is 6.08.